The molecule has 1 aliphatic rings. The summed E-state index contributed by atoms with van der Waals surface area (Å²) in [6.07, 6.45) is 22.9. The summed E-state index contributed by atoms with van der Waals surface area (Å²) in [4.78, 5) is 0. The van der Waals surface area contributed by atoms with Crippen LogP contribution in [-0.2, 0) is 4.74 Å². The molecule has 1 atom stereocenters. The smallest absolute Gasteiger partial charge is 0.0841 e. The molecule has 1 nitrogen and oxygen atoms in total. The molecule has 0 saturated carbocycles. The first kappa shape index (κ1) is 17.0. The highest BCUT2D eigenvalue weighted by atomic mass is 16.6. The Bertz CT molecular complexity index is 175. The predicted octanol–water partition coefficient (Wildman–Crippen LogP) is 6.07. The van der Waals surface area contributed by atoms with Crippen molar-refractivity contribution in [2.45, 2.75) is 103 Å². The van der Waals surface area contributed by atoms with E-state index in [2.05, 4.69) is 13.3 Å². The molecular weight excluding hydrogens is 232 g/mol. The SMILES string of the molecule is CCCCCCCCCCCCCCC[CH]C1CO1. The number of rotatable bonds is 15. The van der Waals surface area contributed by atoms with Crippen molar-refractivity contribution in [2.24, 2.45) is 0 Å². The van der Waals surface area contributed by atoms with E-state index in [1.165, 1.54) is 89.9 Å². The van der Waals surface area contributed by atoms with Crippen LogP contribution in [0, 0.1) is 6.42 Å². The van der Waals surface area contributed by atoms with Gasteiger partial charge in [-0.15, -0.1) is 0 Å². The quantitative estimate of drug-likeness (QED) is 0.259. The fraction of sp³-hybridized carbons (Fsp3) is 0.944. The second kappa shape index (κ2) is 13.0. The minimum Gasteiger partial charge on any atom is -0.373 e. The van der Waals surface area contributed by atoms with E-state index in [9.17, 15) is 0 Å². The molecule has 1 heteroatoms. The number of hydrogen-bond acceptors (Lipinski definition) is 1. The molecule has 1 fully saturated rings. The predicted molar refractivity (Wildman–Crippen MR) is 84.4 cm³/mol. The Morgan fingerprint density at radius 1 is 0.737 bits per heavy atom. The lowest BCUT2D eigenvalue weighted by Gasteiger charge is -2.02. The van der Waals surface area contributed by atoms with Gasteiger partial charge in [0.15, 0.2) is 0 Å². The van der Waals surface area contributed by atoms with Crippen molar-refractivity contribution in [1.82, 2.24) is 0 Å². The first-order valence-electron chi connectivity index (χ1n) is 8.88. The lowest BCUT2D eigenvalue weighted by molar-refractivity contribution is 0.423. The third kappa shape index (κ3) is 12.7. The second-order valence-electron chi connectivity index (χ2n) is 6.14. The third-order valence-electron chi connectivity index (χ3n) is 4.10. The van der Waals surface area contributed by atoms with Gasteiger partial charge in [-0.05, 0) is 12.8 Å². The van der Waals surface area contributed by atoms with E-state index in [-0.39, 0.29) is 0 Å². The Hall–Kier alpha value is -0.0400. The summed E-state index contributed by atoms with van der Waals surface area (Å²) in [5.41, 5.74) is 0. The lowest BCUT2D eigenvalue weighted by atomic mass is 10.0. The lowest BCUT2D eigenvalue weighted by Crippen LogP contribution is -1.87. The van der Waals surface area contributed by atoms with E-state index in [1.807, 2.05) is 0 Å². The van der Waals surface area contributed by atoms with Gasteiger partial charge in [0.05, 0.1) is 12.7 Å². The second-order valence-corrected chi connectivity index (χ2v) is 6.14. The van der Waals surface area contributed by atoms with E-state index in [0.717, 1.165) is 6.61 Å². The van der Waals surface area contributed by atoms with Crippen molar-refractivity contribution < 1.29 is 4.74 Å². The monoisotopic (exact) mass is 267 g/mol. The molecule has 0 aromatic rings. The van der Waals surface area contributed by atoms with Crippen LogP contribution in [0.1, 0.15) is 96.8 Å². The Balaban J connectivity index is 1.60. The van der Waals surface area contributed by atoms with Gasteiger partial charge in [-0.1, -0.05) is 90.4 Å². The van der Waals surface area contributed by atoms with Crippen LogP contribution in [-0.4, -0.2) is 12.7 Å². The molecule has 1 saturated heterocycles. The maximum Gasteiger partial charge on any atom is 0.0841 e. The van der Waals surface area contributed by atoms with E-state index >= 15 is 0 Å². The van der Waals surface area contributed by atoms with Crippen molar-refractivity contribution in [3.05, 3.63) is 6.42 Å². The molecular formula is C18H35O. The molecule has 1 aliphatic heterocycles. The van der Waals surface area contributed by atoms with Crippen molar-refractivity contribution in [3.63, 3.8) is 0 Å². The zero-order valence-electron chi connectivity index (χ0n) is 13.2. The van der Waals surface area contributed by atoms with Gasteiger partial charge in [0.25, 0.3) is 0 Å². The minimum atomic E-state index is 0.525. The van der Waals surface area contributed by atoms with Crippen molar-refractivity contribution in [3.8, 4) is 0 Å². The van der Waals surface area contributed by atoms with Gasteiger partial charge in [0.1, 0.15) is 0 Å². The van der Waals surface area contributed by atoms with Gasteiger partial charge >= 0.3 is 0 Å². The topological polar surface area (TPSA) is 12.5 Å². The maximum atomic E-state index is 5.17. The molecule has 0 aromatic heterocycles. The Morgan fingerprint density at radius 2 is 1.16 bits per heavy atom. The molecule has 113 valence electrons. The Labute approximate surface area is 121 Å². The van der Waals surface area contributed by atoms with Crippen LogP contribution in [0.15, 0.2) is 0 Å². The summed E-state index contributed by atoms with van der Waals surface area (Å²) < 4.78 is 5.17. The molecule has 0 N–H and O–H groups in total. The highest BCUT2D eigenvalue weighted by Crippen LogP contribution is 2.17. The molecule has 19 heavy (non-hydrogen) atoms. The fourth-order valence-electron chi connectivity index (χ4n) is 2.66. The van der Waals surface area contributed by atoms with Crippen LogP contribution >= 0.6 is 0 Å². The fourth-order valence-corrected chi connectivity index (χ4v) is 2.66. The van der Waals surface area contributed by atoms with E-state index in [4.69, 9.17) is 4.74 Å². The highest BCUT2D eigenvalue weighted by Gasteiger charge is 2.21. The Kier molecular flexibility index (Phi) is 11.6. The van der Waals surface area contributed by atoms with Crippen LogP contribution in [0.5, 0.6) is 0 Å². The highest BCUT2D eigenvalue weighted by molar-refractivity contribution is 4.85. The van der Waals surface area contributed by atoms with Crippen LogP contribution in [0.3, 0.4) is 0 Å². The number of hydrogen-bond donors (Lipinski definition) is 0. The summed E-state index contributed by atoms with van der Waals surface area (Å²) in [6.45, 7) is 3.27. The van der Waals surface area contributed by atoms with Crippen molar-refractivity contribution in [2.75, 3.05) is 6.61 Å². The van der Waals surface area contributed by atoms with Gasteiger partial charge in [-0.2, -0.15) is 0 Å². The molecule has 1 radical (unpaired) electrons. The van der Waals surface area contributed by atoms with Gasteiger partial charge in [-0.25, -0.2) is 0 Å². The third-order valence-corrected chi connectivity index (χ3v) is 4.10. The first-order valence-corrected chi connectivity index (χ1v) is 8.88. The van der Waals surface area contributed by atoms with Crippen LogP contribution in [0.4, 0.5) is 0 Å². The average Bonchev–Trinajstić information content (AvgIpc) is 3.23. The average molecular weight is 267 g/mol. The zero-order chi connectivity index (χ0) is 13.6. The van der Waals surface area contributed by atoms with Crippen molar-refractivity contribution in [1.29, 1.82) is 0 Å². The molecule has 0 amide bonds. The molecule has 1 heterocycles. The van der Waals surface area contributed by atoms with Crippen LogP contribution in [0.25, 0.3) is 0 Å². The number of epoxide rings is 1. The molecule has 0 aliphatic carbocycles. The van der Waals surface area contributed by atoms with E-state index in [0.29, 0.717) is 6.10 Å². The zero-order valence-corrected chi connectivity index (χ0v) is 13.2. The number of ether oxygens (including phenoxy) is 1. The largest absolute Gasteiger partial charge is 0.373 e. The summed E-state index contributed by atoms with van der Waals surface area (Å²) in [5, 5.41) is 0. The summed E-state index contributed by atoms with van der Waals surface area (Å²) >= 11 is 0. The molecule has 0 aromatic carbocycles. The van der Waals surface area contributed by atoms with E-state index < -0.39 is 0 Å². The summed E-state index contributed by atoms with van der Waals surface area (Å²) in [6, 6.07) is 0. The summed E-state index contributed by atoms with van der Waals surface area (Å²) in [7, 11) is 0. The molecule has 1 rings (SSSR count). The van der Waals surface area contributed by atoms with Crippen LogP contribution < -0.4 is 0 Å². The first-order chi connectivity index (χ1) is 9.43. The van der Waals surface area contributed by atoms with Crippen molar-refractivity contribution >= 4 is 0 Å². The number of unbranched alkanes of at least 4 members (excludes halogenated alkanes) is 13. The van der Waals surface area contributed by atoms with Gasteiger partial charge in [0, 0.05) is 0 Å². The van der Waals surface area contributed by atoms with Gasteiger partial charge in [0.2, 0.25) is 0 Å². The maximum absolute atomic E-state index is 5.17. The standard InChI is InChI=1S/C18H35O/c1-2-3-4-5-6-7-8-9-10-11-12-13-14-15-16-18-17-19-18/h16,18H,2-15,17H2,1H3. The van der Waals surface area contributed by atoms with Crippen LogP contribution in [0.2, 0.25) is 0 Å². The van der Waals surface area contributed by atoms with Gasteiger partial charge in [-0.3, -0.25) is 0 Å². The molecule has 0 spiro atoms. The summed E-state index contributed by atoms with van der Waals surface area (Å²) in [5.74, 6) is 0. The van der Waals surface area contributed by atoms with E-state index in [1.54, 1.807) is 0 Å². The molecule has 1 unspecified atom stereocenters. The minimum absolute atomic E-state index is 0.525. The van der Waals surface area contributed by atoms with Gasteiger partial charge < -0.3 is 4.74 Å². The Morgan fingerprint density at radius 3 is 1.58 bits per heavy atom. The normalized spacial score (nSPS) is 17.8. The molecule has 0 bridgehead atoms.